The Kier molecular flexibility index (Phi) is 18.5. The van der Waals surface area contributed by atoms with E-state index in [1.54, 1.807) is 0 Å². The van der Waals surface area contributed by atoms with Gasteiger partial charge in [0.05, 0.1) is 6.61 Å². The topological polar surface area (TPSA) is 20.2 Å². The van der Waals surface area contributed by atoms with Crippen LogP contribution < -0.4 is 0 Å². The minimum atomic E-state index is 0.184. The summed E-state index contributed by atoms with van der Waals surface area (Å²) in [4.78, 5) is 0. The molecule has 0 aromatic heterocycles. The summed E-state index contributed by atoms with van der Waals surface area (Å²) in [5, 5.41) is 8.72. The van der Waals surface area contributed by atoms with Gasteiger partial charge in [-0.25, -0.2) is 0 Å². The molecular formula is C21H42O. The van der Waals surface area contributed by atoms with Gasteiger partial charge in [0.25, 0.3) is 0 Å². The highest BCUT2D eigenvalue weighted by Gasteiger charge is 1.97. The highest BCUT2D eigenvalue weighted by Crippen LogP contribution is 2.15. The van der Waals surface area contributed by atoms with E-state index in [1.165, 1.54) is 96.3 Å². The average molecular weight is 311 g/mol. The number of hydrogen-bond donors (Lipinski definition) is 1. The van der Waals surface area contributed by atoms with Gasteiger partial charge in [-0.2, -0.15) is 0 Å². The molecular weight excluding hydrogens is 268 g/mol. The van der Waals surface area contributed by atoms with E-state index in [9.17, 15) is 0 Å². The molecule has 1 heteroatoms. The third-order valence-electron chi connectivity index (χ3n) is 4.58. The van der Waals surface area contributed by atoms with Crippen molar-refractivity contribution in [3.63, 3.8) is 0 Å². The predicted molar refractivity (Wildman–Crippen MR) is 100 cm³/mol. The lowest BCUT2D eigenvalue weighted by Gasteiger charge is -2.06. The number of aliphatic hydroxyl groups excluding tert-OH is 1. The zero-order valence-electron chi connectivity index (χ0n) is 15.5. The average Bonchev–Trinajstić information content (AvgIpc) is 2.53. The third kappa shape index (κ3) is 17.8. The SMILES string of the molecule is CCCCCCCCCCCCCCCC[C@@H](C)/C=C/CO. The van der Waals surface area contributed by atoms with Gasteiger partial charge in [0.2, 0.25) is 0 Å². The number of rotatable bonds is 17. The molecule has 0 bridgehead atoms. The maximum absolute atomic E-state index is 8.72. The molecule has 0 amide bonds. The third-order valence-corrected chi connectivity index (χ3v) is 4.58. The number of allylic oxidation sites excluding steroid dienone is 1. The minimum Gasteiger partial charge on any atom is -0.392 e. The highest BCUT2D eigenvalue weighted by molar-refractivity contribution is 4.85. The Bertz CT molecular complexity index is 222. The number of unbranched alkanes of at least 4 members (excludes halogenated alkanes) is 13. The van der Waals surface area contributed by atoms with Crippen LogP contribution in [-0.2, 0) is 0 Å². The van der Waals surface area contributed by atoms with E-state index < -0.39 is 0 Å². The van der Waals surface area contributed by atoms with Gasteiger partial charge in [0.1, 0.15) is 0 Å². The predicted octanol–water partition coefficient (Wildman–Crippen LogP) is 7.04. The largest absolute Gasteiger partial charge is 0.392 e. The van der Waals surface area contributed by atoms with Gasteiger partial charge < -0.3 is 5.11 Å². The second-order valence-electron chi connectivity index (χ2n) is 6.97. The molecule has 1 atom stereocenters. The van der Waals surface area contributed by atoms with Crippen molar-refractivity contribution in [3.8, 4) is 0 Å². The summed E-state index contributed by atoms with van der Waals surface area (Å²) in [7, 11) is 0. The quantitative estimate of drug-likeness (QED) is 0.225. The Hall–Kier alpha value is -0.300. The van der Waals surface area contributed by atoms with Gasteiger partial charge in [-0.15, -0.1) is 0 Å². The molecule has 0 rings (SSSR count). The first kappa shape index (κ1) is 21.7. The summed E-state index contributed by atoms with van der Waals surface area (Å²) >= 11 is 0. The van der Waals surface area contributed by atoms with Gasteiger partial charge in [0, 0.05) is 0 Å². The Morgan fingerprint density at radius 3 is 1.50 bits per heavy atom. The van der Waals surface area contributed by atoms with Crippen LogP contribution in [0.3, 0.4) is 0 Å². The molecule has 1 N–H and O–H groups in total. The standard InChI is InChI=1S/C21H42O/c1-3-4-5-6-7-8-9-10-11-12-13-14-15-16-18-21(2)19-17-20-22/h17,19,21-22H,3-16,18,20H2,1-2H3/b19-17+/t21-/m1/s1. The molecule has 0 spiro atoms. The van der Waals surface area contributed by atoms with E-state index in [0.29, 0.717) is 5.92 Å². The Morgan fingerprint density at radius 1 is 0.682 bits per heavy atom. The first-order valence-corrected chi connectivity index (χ1v) is 10.1. The lowest BCUT2D eigenvalue weighted by atomic mass is 10.0. The van der Waals surface area contributed by atoms with Crippen LogP contribution in [-0.4, -0.2) is 11.7 Å². The first-order chi connectivity index (χ1) is 10.8. The normalized spacial score (nSPS) is 13.0. The maximum atomic E-state index is 8.72. The van der Waals surface area contributed by atoms with Crippen LogP contribution in [0.25, 0.3) is 0 Å². The molecule has 0 aliphatic heterocycles. The monoisotopic (exact) mass is 310 g/mol. The second kappa shape index (κ2) is 18.7. The van der Waals surface area contributed by atoms with Crippen LogP contribution in [0.2, 0.25) is 0 Å². The fourth-order valence-electron chi connectivity index (χ4n) is 3.05. The maximum Gasteiger partial charge on any atom is 0.0612 e. The minimum absolute atomic E-state index is 0.184. The lowest BCUT2D eigenvalue weighted by molar-refractivity contribution is 0.341. The van der Waals surface area contributed by atoms with Crippen LogP contribution in [0.4, 0.5) is 0 Å². The Morgan fingerprint density at radius 2 is 1.09 bits per heavy atom. The summed E-state index contributed by atoms with van der Waals surface area (Å²) in [5.74, 6) is 0.629. The molecule has 22 heavy (non-hydrogen) atoms. The zero-order valence-corrected chi connectivity index (χ0v) is 15.5. The van der Waals surface area contributed by atoms with Gasteiger partial charge in [-0.1, -0.05) is 116 Å². The van der Waals surface area contributed by atoms with E-state index in [1.807, 2.05) is 6.08 Å². The van der Waals surface area contributed by atoms with Crippen LogP contribution in [0.15, 0.2) is 12.2 Å². The second-order valence-corrected chi connectivity index (χ2v) is 6.97. The van der Waals surface area contributed by atoms with Crippen molar-refractivity contribution in [1.82, 2.24) is 0 Å². The van der Waals surface area contributed by atoms with Crippen molar-refractivity contribution >= 4 is 0 Å². The molecule has 0 fully saturated rings. The summed E-state index contributed by atoms with van der Waals surface area (Å²) in [6, 6.07) is 0. The van der Waals surface area contributed by atoms with E-state index in [4.69, 9.17) is 5.11 Å². The molecule has 0 heterocycles. The van der Waals surface area contributed by atoms with Gasteiger partial charge in [-0.3, -0.25) is 0 Å². The zero-order chi connectivity index (χ0) is 16.3. The van der Waals surface area contributed by atoms with Crippen LogP contribution in [0.1, 0.15) is 110 Å². The van der Waals surface area contributed by atoms with Crippen molar-refractivity contribution < 1.29 is 5.11 Å². The number of hydrogen-bond acceptors (Lipinski definition) is 1. The van der Waals surface area contributed by atoms with E-state index >= 15 is 0 Å². The smallest absolute Gasteiger partial charge is 0.0612 e. The van der Waals surface area contributed by atoms with Gasteiger partial charge >= 0.3 is 0 Å². The van der Waals surface area contributed by atoms with E-state index in [2.05, 4.69) is 19.9 Å². The van der Waals surface area contributed by atoms with E-state index in [0.717, 1.165) is 0 Å². The van der Waals surface area contributed by atoms with Crippen molar-refractivity contribution in [2.24, 2.45) is 5.92 Å². The van der Waals surface area contributed by atoms with Crippen LogP contribution >= 0.6 is 0 Å². The van der Waals surface area contributed by atoms with Crippen LogP contribution in [0, 0.1) is 5.92 Å². The molecule has 0 saturated carbocycles. The fraction of sp³-hybridized carbons (Fsp3) is 0.905. The van der Waals surface area contributed by atoms with Crippen LogP contribution in [0.5, 0.6) is 0 Å². The van der Waals surface area contributed by atoms with Crippen molar-refractivity contribution in [2.45, 2.75) is 110 Å². The molecule has 0 aliphatic rings. The lowest BCUT2D eigenvalue weighted by Crippen LogP contribution is -1.90. The fourth-order valence-corrected chi connectivity index (χ4v) is 3.05. The molecule has 0 unspecified atom stereocenters. The summed E-state index contributed by atoms with van der Waals surface area (Å²) in [5.41, 5.74) is 0. The first-order valence-electron chi connectivity index (χ1n) is 10.1. The molecule has 0 aromatic carbocycles. The summed E-state index contributed by atoms with van der Waals surface area (Å²) in [6.07, 6.45) is 25.3. The van der Waals surface area contributed by atoms with Crippen molar-refractivity contribution in [1.29, 1.82) is 0 Å². The molecule has 1 nitrogen and oxygen atoms in total. The summed E-state index contributed by atoms with van der Waals surface area (Å²) in [6.45, 7) is 4.71. The van der Waals surface area contributed by atoms with Crippen molar-refractivity contribution in [3.05, 3.63) is 12.2 Å². The van der Waals surface area contributed by atoms with Gasteiger partial charge in [0.15, 0.2) is 0 Å². The van der Waals surface area contributed by atoms with Crippen molar-refractivity contribution in [2.75, 3.05) is 6.61 Å². The Balaban J connectivity index is 3.07. The molecule has 132 valence electrons. The van der Waals surface area contributed by atoms with Gasteiger partial charge in [-0.05, 0) is 12.3 Å². The molecule has 0 aromatic rings. The Labute approximate surface area is 140 Å². The summed E-state index contributed by atoms with van der Waals surface area (Å²) < 4.78 is 0. The molecule has 0 saturated heterocycles. The molecule has 0 aliphatic carbocycles. The number of aliphatic hydroxyl groups is 1. The molecule has 0 radical (unpaired) electrons. The van der Waals surface area contributed by atoms with E-state index in [-0.39, 0.29) is 6.61 Å². The highest BCUT2D eigenvalue weighted by atomic mass is 16.2.